The zero-order chi connectivity index (χ0) is 17.0. The third-order valence-corrected chi connectivity index (χ3v) is 3.68. The van der Waals surface area contributed by atoms with Crippen molar-refractivity contribution in [2.45, 2.75) is 46.1 Å². The predicted molar refractivity (Wildman–Crippen MR) is 89.6 cm³/mol. The van der Waals surface area contributed by atoms with Crippen molar-refractivity contribution in [2.75, 3.05) is 7.11 Å². The summed E-state index contributed by atoms with van der Waals surface area (Å²) in [5.74, 6) is 0.391. The SMILES string of the molecule is CCCCC(=O)N=Nc1c(O)n(C(C)C)c2ccc(OC)cc12. The molecule has 2 aromatic rings. The molecule has 0 bridgehead atoms. The second kappa shape index (κ2) is 7.26. The number of ether oxygens (including phenoxy) is 1. The van der Waals surface area contributed by atoms with Crippen molar-refractivity contribution in [3.05, 3.63) is 18.2 Å². The lowest BCUT2D eigenvalue weighted by atomic mass is 10.2. The summed E-state index contributed by atoms with van der Waals surface area (Å²) in [4.78, 5) is 11.7. The number of aromatic hydroxyl groups is 1. The van der Waals surface area contributed by atoms with E-state index in [1.165, 1.54) is 0 Å². The van der Waals surface area contributed by atoms with Gasteiger partial charge in [0.05, 0.1) is 12.6 Å². The number of aromatic nitrogens is 1. The summed E-state index contributed by atoms with van der Waals surface area (Å²) in [7, 11) is 1.58. The van der Waals surface area contributed by atoms with Crippen LogP contribution in [-0.2, 0) is 4.79 Å². The van der Waals surface area contributed by atoms with Crippen LogP contribution in [0.4, 0.5) is 5.69 Å². The standard InChI is InChI=1S/C17H23N3O3/c1-5-6-7-15(21)18-19-16-13-10-12(23-4)8-9-14(13)20(11(2)3)17(16)22/h8-11,22H,5-7H2,1-4H3. The van der Waals surface area contributed by atoms with Gasteiger partial charge in [0.2, 0.25) is 5.88 Å². The van der Waals surface area contributed by atoms with Crippen LogP contribution >= 0.6 is 0 Å². The fraction of sp³-hybridized carbons (Fsp3) is 0.471. The van der Waals surface area contributed by atoms with Crippen LogP contribution in [0.2, 0.25) is 0 Å². The maximum atomic E-state index is 11.7. The molecule has 6 nitrogen and oxygen atoms in total. The van der Waals surface area contributed by atoms with Crippen LogP contribution < -0.4 is 4.74 Å². The quantitative estimate of drug-likeness (QED) is 0.782. The van der Waals surface area contributed by atoms with Gasteiger partial charge in [-0.15, -0.1) is 10.2 Å². The van der Waals surface area contributed by atoms with Crippen LogP contribution in [0.3, 0.4) is 0 Å². The number of azo groups is 1. The van der Waals surface area contributed by atoms with Gasteiger partial charge in [-0.3, -0.25) is 4.79 Å². The fourth-order valence-electron chi connectivity index (χ4n) is 2.50. The molecule has 0 atom stereocenters. The Morgan fingerprint density at radius 3 is 2.74 bits per heavy atom. The van der Waals surface area contributed by atoms with Gasteiger partial charge in [-0.05, 0) is 38.5 Å². The van der Waals surface area contributed by atoms with E-state index in [-0.39, 0.29) is 17.8 Å². The average molecular weight is 317 g/mol. The molecule has 0 saturated heterocycles. The number of methoxy groups -OCH3 is 1. The first kappa shape index (κ1) is 17.0. The Morgan fingerprint density at radius 1 is 1.39 bits per heavy atom. The van der Waals surface area contributed by atoms with Crippen molar-refractivity contribution >= 4 is 22.5 Å². The number of hydrogen-bond acceptors (Lipinski definition) is 4. The Balaban J connectivity index is 2.51. The number of unbranched alkanes of at least 4 members (excludes halogenated alkanes) is 1. The van der Waals surface area contributed by atoms with Gasteiger partial charge < -0.3 is 14.4 Å². The lowest BCUT2D eigenvalue weighted by Crippen LogP contribution is -1.99. The maximum absolute atomic E-state index is 11.7. The first-order valence-corrected chi connectivity index (χ1v) is 7.85. The number of amides is 1. The van der Waals surface area contributed by atoms with E-state index >= 15 is 0 Å². The summed E-state index contributed by atoms with van der Waals surface area (Å²) in [6, 6.07) is 5.53. The molecule has 0 aliphatic carbocycles. The van der Waals surface area contributed by atoms with Gasteiger partial charge in [-0.25, -0.2) is 0 Å². The third kappa shape index (κ3) is 3.52. The highest BCUT2D eigenvalue weighted by Gasteiger charge is 2.19. The molecule has 6 heteroatoms. The van der Waals surface area contributed by atoms with Gasteiger partial charge >= 0.3 is 0 Å². The van der Waals surface area contributed by atoms with E-state index in [9.17, 15) is 9.90 Å². The molecule has 0 spiro atoms. The fourth-order valence-corrected chi connectivity index (χ4v) is 2.50. The van der Waals surface area contributed by atoms with Gasteiger partial charge in [0.15, 0.2) is 5.69 Å². The lowest BCUT2D eigenvalue weighted by Gasteiger charge is -2.10. The summed E-state index contributed by atoms with van der Waals surface area (Å²) in [6.45, 7) is 5.95. The molecule has 1 N–H and O–H groups in total. The molecule has 0 fully saturated rings. The highest BCUT2D eigenvalue weighted by atomic mass is 16.5. The van der Waals surface area contributed by atoms with Crippen LogP contribution in [0.15, 0.2) is 28.4 Å². The molecular formula is C17H23N3O3. The number of benzene rings is 1. The first-order chi connectivity index (χ1) is 11.0. The summed E-state index contributed by atoms with van der Waals surface area (Å²) < 4.78 is 7.00. The van der Waals surface area contributed by atoms with Gasteiger partial charge in [0.25, 0.3) is 5.91 Å². The largest absolute Gasteiger partial charge is 0.497 e. The van der Waals surface area contributed by atoms with E-state index in [0.29, 0.717) is 23.2 Å². The normalized spacial score (nSPS) is 11.7. The molecule has 1 aromatic heterocycles. The summed E-state index contributed by atoms with van der Waals surface area (Å²) in [6.07, 6.45) is 2.08. The summed E-state index contributed by atoms with van der Waals surface area (Å²) >= 11 is 0. The molecule has 2 rings (SSSR count). The van der Waals surface area contributed by atoms with E-state index < -0.39 is 0 Å². The van der Waals surface area contributed by atoms with Gasteiger partial charge in [-0.1, -0.05) is 13.3 Å². The van der Waals surface area contributed by atoms with E-state index in [1.807, 2.05) is 32.9 Å². The molecule has 0 saturated carbocycles. The van der Waals surface area contributed by atoms with Crippen molar-refractivity contribution in [1.82, 2.24) is 4.57 Å². The Bertz CT molecular complexity index is 732. The minimum absolute atomic E-state index is 0.00953. The van der Waals surface area contributed by atoms with E-state index in [1.54, 1.807) is 17.7 Å². The molecule has 1 amide bonds. The van der Waals surface area contributed by atoms with Crippen LogP contribution in [0.5, 0.6) is 11.6 Å². The third-order valence-electron chi connectivity index (χ3n) is 3.68. The number of rotatable bonds is 6. The van der Waals surface area contributed by atoms with Gasteiger partial charge in [0, 0.05) is 17.8 Å². The highest BCUT2D eigenvalue weighted by molar-refractivity contribution is 5.96. The Morgan fingerprint density at radius 2 is 2.13 bits per heavy atom. The van der Waals surface area contributed by atoms with E-state index in [2.05, 4.69) is 10.2 Å². The molecule has 0 aliphatic rings. The monoisotopic (exact) mass is 317 g/mol. The van der Waals surface area contributed by atoms with E-state index in [0.717, 1.165) is 18.4 Å². The predicted octanol–water partition coefficient (Wildman–Crippen LogP) is 4.74. The minimum atomic E-state index is -0.278. The molecule has 23 heavy (non-hydrogen) atoms. The maximum Gasteiger partial charge on any atom is 0.264 e. The summed E-state index contributed by atoms with van der Waals surface area (Å²) in [5.41, 5.74) is 1.13. The number of carbonyl (C=O) groups excluding carboxylic acids is 1. The highest BCUT2D eigenvalue weighted by Crippen LogP contribution is 2.42. The van der Waals surface area contributed by atoms with Crippen LogP contribution in [0.1, 0.15) is 46.1 Å². The van der Waals surface area contributed by atoms with Crippen molar-refractivity contribution in [1.29, 1.82) is 0 Å². The molecule has 0 unspecified atom stereocenters. The van der Waals surface area contributed by atoms with Crippen molar-refractivity contribution in [3.8, 4) is 11.6 Å². The Hall–Kier alpha value is -2.37. The van der Waals surface area contributed by atoms with Crippen molar-refractivity contribution < 1.29 is 14.6 Å². The molecule has 1 aromatic carbocycles. The number of nitrogens with zero attached hydrogens (tertiary/aromatic N) is 3. The molecule has 0 aliphatic heterocycles. The summed E-state index contributed by atoms with van der Waals surface area (Å²) in [5, 5.41) is 19.0. The smallest absolute Gasteiger partial charge is 0.264 e. The lowest BCUT2D eigenvalue weighted by molar-refractivity contribution is -0.118. The molecule has 124 valence electrons. The Kier molecular flexibility index (Phi) is 5.36. The molecular weight excluding hydrogens is 294 g/mol. The van der Waals surface area contributed by atoms with Gasteiger partial charge in [0.1, 0.15) is 5.75 Å². The van der Waals surface area contributed by atoms with Gasteiger partial charge in [-0.2, -0.15) is 0 Å². The van der Waals surface area contributed by atoms with E-state index in [4.69, 9.17) is 4.74 Å². The number of fused-ring (bicyclic) bond motifs is 1. The topological polar surface area (TPSA) is 76.2 Å². The van der Waals surface area contributed by atoms with Crippen molar-refractivity contribution in [3.63, 3.8) is 0 Å². The second-order valence-electron chi connectivity index (χ2n) is 5.72. The first-order valence-electron chi connectivity index (χ1n) is 7.85. The second-order valence-corrected chi connectivity index (χ2v) is 5.72. The van der Waals surface area contributed by atoms with Crippen LogP contribution in [0.25, 0.3) is 10.9 Å². The van der Waals surface area contributed by atoms with Crippen molar-refractivity contribution in [2.24, 2.45) is 10.2 Å². The zero-order valence-corrected chi connectivity index (χ0v) is 14.0. The Labute approximate surface area is 135 Å². The average Bonchev–Trinajstić information content (AvgIpc) is 2.81. The minimum Gasteiger partial charge on any atom is -0.497 e. The molecule has 0 radical (unpaired) electrons. The number of carbonyl (C=O) groups is 1. The molecule has 1 heterocycles. The van der Waals surface area contributed by atoms with Crippen LogP contribution in [-0.4, -0.2) is 22.7 Å². The zero-order valence-electron chi connectivity index (χ0n) is 14.0. The number of hydrogen-bond donors (Lipinski definition) is 1. The van der Waals surface area contributed by atoms with Crippen LogP contribution in [0, 0.1) is 0 Å².